The molecule has 184 valence electrons. The molecule has 1 aliphatic heterocycles. The van der Waals surface area contributed by atoms with Crippen LogP contribution in [-0.2, 0) is 11.8 Å². The predicted molar refractivity (Wildman–Crippen MR) is 133 cm³/mol. The summed E-state index contributed by atoms with van der Waals surface area (Å²) in [4.78, 5) is 41.0. The van der Waals surface area contributed by atoms with Gasteiger partial charge in [-0.15, -0.1) is 0 Å². The molecule has 0 unspecified atom stereocenters. The molecule has 6 rings (SSSR count). The monoisotopic (exact) mass is 485 g/mol. The lowest BCUT2D eigenvalue weighted by atomic mass is 10.1. The Labute approximate surface area is 207 Å². The summed E-state index contributed by atoms with van der Waals surface area (Å²) in [5.74, 6) is 0.340. The Morgan fingerprint density at radius 3 is 2.75 bits per heavy atom. The minimum Gasteiger partial charge on any atom is -0.332 e. The maximum atomic E-state index is 13.1. The maximum absolute atomic E-state index is 13.1. The number of nitrogens with one attached hydrogen (secondary N) is 2. The molecule has 36 heavy (non-hydrogen) atoms. The average molecular weight is 486 g/mol. The first-order valence-corrected chi connectivity index (χ1v) is 12.1. The lowest BCUT2D eigenvalue weighted by Crippen LogP contribution is -2.38. The quantitative estimate of drug-likeness (QED) is 0.430. The van der Waals surface area contributed by atoms with E-state index in [-0.39, 0.29) is 11.8 Å². The van der Waals surface area contributed by atoms with Crippen molar-refractivity contribution in [2.24, 2.45) is 13.0 Å². The molecule has 1 aliphatic carbocycles. The fourth-order valence-corrected chi connectivity index (χ4v) is 5.32. The second kappa shape index (κ2) is 8.83. The number of nitrogens with zero attached hydrogens (tertiary/aromatic N) is 7. The molecule has 11 heteroatoms. The number of aromatic nitrogens is 6. The third kappa shape index (κ3) is 4.11. The first-order valence-electron chi connectivity index (χ1n) is 12.1. The van der Waals surface area contributed by atoms with Crippen LogP contribution in [-0.4, -0.2) is 65.0 Å². The van der Waals surface area contributed by atoms with Crippen molar-refractivity contribution >= 4 is 28.7 Å². The molecule has 2 N–H and O–H groups in total. The molecular formula is C25H27N9O2. The number of carbonyl (C=O) groups excluding carboxylic acids is 2. The Morgan fingerprint density at radius 1 is 1.11 bits per heavy atom. The number of carbonyl (C=O) groups is 2. The van der Waals surface area contributed by atoms with Gasteiger partial charge in [-0.25, -0.2) is 9.50 Å². The van der Waals surface area contributed by atoms with Crippen molar-refractivity contribution in [3.8, 4) is 11.4 Å². The molecule has 4 aromatic heterocycles. The zero-order valence-electron chi connectivity index (χ0n) is 20.2. The molecule has 0 spiro atoms. The van der Waals surface area contributed by atoms with E-state index in [1.54, 1.807) is 48.6 Å². The standard InChI is InChI=1S/C25H27N9O2/c1-15-20(6-17(7-27-15)30-24(35)13-33-11-16-3-4-18(33)5-16)31-25(36)19-8-29-34-12-21(28-10-22(19)34)23-9-26-14-32(23)2/h6-10,12,14,16,18H,3-5,11,13H2,1-2H3,(H,30,35)(H,31,36)/t16-,18+/m1/s1. The van der Waals surface area contributed by atoms with Crippen LogP contribution in [0.4, 0.5) is 11.4 Å². The molecule has 2 atom stereocenters. The Balaban J connectivity index is 1.16. The van der Waals surface area contributed by atoms with Crippen molar-refractivity contribution in [2.75, 3.05) is 23.7 Å². The van der Waals surface area contributed by atoms with Gasteiger partial charge in [0.15, 0.2) is 0 Å². The summed E-state index contributed by atoms with van der Waals surface area (Å²) in [5, 5.41) is 10.2. The van der Waals surface area contributed by atoms with Gasteiger partial charge in [0.2, 0.25) is 5.91 Å². The summed E-state index contributed by atoms with van der Waals surface area (Å²) >= 11 is 0. The van der Waals surface area contributed by atoms with Gasteiger partial charge >= 0.3 is 0 Å². The van der Waals surface area contributed by atoms with Crippen LogP contribution < -0.4 is 10.6 Å². The number of hydrogen-bond acceptors (Lipinski definition) is 7. The van der Waals surface area contributed by atoms with E-state index in [9.17, 15) is 9.59 Å². The van der Waals surface area contributed by atoms with Gasteiger partial charge in [-0.1, -0.05) is 0 Å². The summed E-state index contributed by atoms with van der Waals surface area (Å²) in [5.41, 5.74) is 4.22. The van der Waals surface area contributed by atoms with Gasteiger partial charge in [-0.2, -0.15) is 5.10 Å². The molecule has 0 radical (unpaired) electrons. The Morgan fingerprint density at radius 2 is 2.00 bits per heavy atom. The van der Waals surface area contributed by atoms with E-state index >= 15 is 0 Å². The fourth-order valence-electron chi connectivity index (χ4n) is 5.32. The van der Waals surface area contributed by atoms with E-state index in [4.69, 9.17) is 0 Å². The minimum atomic E-state index is -0.332. The lowest BCUT2D eigenvalue weighted by Gasteiger charge is -2.25. The van der Waals surface area contributed by atoms with Crippen molar-refractivity contribution in [1.29, 1.82) is 0 Å². The minimum absolute atomic E-state index is 0.0663. The molecule has 4 aromatic rings. The van der Waals surface area contributed by atoms with Crippen molar-refractivity contribution in [1.82, 2.24) is 34.0 Å². The van der Waals surface area contributed by atoms with Gasteiger partial charge in [0.05, 0.1) is 77.7 Å². The second-order valence-corrected chi connectivity index (χ2v) is 9.67. The number of hydrogen-bond donors (Lipinski definition) is 2. The van der Waals surface area contributed by atoms with Crippen molar-refractivity contribution < 1.29 is 9.59 Å². The maximum Gasteiger partial charge on any atom is 0.259 e. The zero-order chi connectivity index (χ0) is 24.8. The van der Waals surface area contributed by atoms with Gasteiger partial charge in [-0.3, -0.25) is 24.5 Å². The molecule has 0 aromatic carbocycles. The van der Waals surface area contributed by atoms with E-state index in [2.05, 4.69) is 35.6 Å². The number of aryl methyl sites for hydroxylation is 2. The third-order valence-electron chi connectivity index (χ3n) is 7.22. The lowest BCUT2D eigenvalue weighted by molar-refractivity contribution is -0.117. The van der Waals surface area contributed by atoms with Gasteiger partial charge in [0, 0.05) is 19.6 Å². The normalized spacial score (nSPS) is 19.2. The van der Waals surface area contributed by atoms with Crippen LogP contribution in [0, 0.1) is 12.8 Å². The predicted octanol–water partition coefficient (Wildman–Crippen LogP) is 2.51. The van der Waals surface area contributed by atoms with Gasteiger partial charge in [0.25, 0.3) is 5.91 Å². The van der Waals surface area contributed by atoms with E-state index in [1.807, 2.05) is 11.6 Å². The van der Waals surface area contributed by atoms with Gasteiger partial charge < -0.3 is 15.2 Å². The van der Waals surface area contributed by atoms with Crippen molar-refractivity contribution in [2.45, 2.75) is 32.2 Å². The van der Waals surface area contributed by atoms with Gasteiger partial charge in [0.1, 0.15) is 5.69 Å². The first kappa shape index (κ1) is 22.4. The van der Waals surface area contributed by atoms with E-state index < -0.39 is 0 Å². The summed E-state index contributed by atoms with van der Waals surface area (Å²) in [7, 11) is 1.89. The van der Waals surface area contributed by atoms with Gasteiger partial charge in [-0.05, 0) is 38.2 Å². The number of imidazole rings is 1. The van der Waals surface area contributed by atoms with Crippen LogP contribution in [0.15, 0.2) is 43.4 Å². The Bertz CT molecular complexity index is 1470. The second-order valence-electron chi connectivity index (χ2n) is 9.67. The molecular weight excluding hydrogens is 458 g/mol. The van der Waals surface area contributed by atoms with Crippen LogP contribution in [0.1, 0.15) is 35.3 Å². The highest BCUT2D eigenvalue weighted by atomic mass is 16.2. The summed E-state index contributed by atoms with van der Waals surface area (Å²) in [6.07, 6.45) is 13.6. The molecule has 2 amide bonds. The summed E-state index contributed by atoms with van der Waals surface area (Å²) < 4.78 is 3.49. The SMILES string of the molecule is Cc1ncc(NC(=O)CN2C[C@@H]3CC[C@H]2C3)cc1NC(=O)c1cnn2cc(-c3cncn3C)ncc12. The summed E-state index contributed by atoms with van der Waals surface area (Å²) in [6, 6.07) is 2.27. The van der Waals surface area contributed by atoms with Crippen molar-refractivity contribution in [3.63, 3.8) is 0 Å². The number of amides is 2. The molecule has 5 heterocycles. The number of fused-ring (bicyclic) bond motifs is 3. The number of likely N-dealkylation sites (tertiary alicyclic amines) is 1. The Hall–Kier alpha value is -4.12. The highest BCUT2D eigenvalue weighted by molar-refractivity contribution is 6.09. The third-order valence-corrected chi connectivity index (χ3v) is 7.22. The highest BCUT2D eigenvalue weighted by Gasteiger charge is 2.38. The average Bonchev–Trinajstić information content (AvgIpc) is 3.65. The molecule has 2 aliphatic rings. The topological polar surface area (TPSA) is 122 Å². The van der Waals surface area contributed by atoms with E-state index in [0.29, 0.717) is 46.4 Å². The van der Waals surface area contributed by atoms with Crippen LogP contribution in [0.2, 0.25) is 0 Å². The van der Waals surface area contributed by atoms with Crippen molar-refractivity contribution in [3.05, 3.63) is 54.6 Å². The number of piperidine rings is 1. The van der Waals surface area contributed by atoms with E-state index in [0.717, 1.165) is 18.2 Å². The van der Waals surface area contributed by atoms with Crippen LogP contribution >= 0.6 is 0 Å². The zero-order valence-corrected chi connectivity index (χ0v) is 20.2. The number of anilines is 2. The van der Waals surface area contributed by atoms with E-state index in [1.165, 1.54) is 25.5 Å². The fraction of sp³-hybridized carbons (Fsp3) is 0.360. The number of rotatable bonds is 6. The van der Waals surface area contributed by atoms with Crippen LogP contribution in [0.5, 0.6) is 0 Å². The largest absolute Gasteiger partial charge is 0.332 e. The highest BCUT2D eigenvalue weighted by Crippen LogP contribution is 2.37. The smallest absolute Gasteiger partial charge is 0.259 e. The Kier molecular flexibility index (Phi) is 5.48. The molecule has 2 bridgehead atoms. The van der Waals surface area contributed by atoms with Crippen LogP contribution in [0.25, 0.3) is 16.9 Å². The number of pyridine rings is 1. The first-order chi connectivity index (χ1) is 17.4. The molecule has 1 saturated carbocycles. The van der Waals surface area contributed by atoms with Crippen LogP contribution in [0.3, 0.4) is 0 Å². The molecule has 1 saturated heterocycles. The molecule has 11 nitrogen and oxygen atoms in total. The summed E-state index contributed by atoms with van der Waals surface area (Å²) in [6.45, 7) is 3.19. The molecule has 2 fully saturated rings.